The molecule has 8 heteroatoms. The molecular weight excluding hydrogens is 488 g/mol. The average molecular weight is 517 g/mol. The Balaban J connectivity index is 1.44. The average Bonchev–Trinajstić information content (AvgIpc) is 3.05. The molecule has 0 saturated carbocycles. The highest BCUT2D eigenvalue weighted by atomic mass is 35.5. The number of hydrogen-bond donors (Lipinski definition) is 2. The summed E-state index contributed by atoms with van der Waals surface area (Å²) in [5, 5.41) is 4.15. The quantitative estimate of drug-likeness (QED) is 0.306. The first-order valence-corrected chi connectivity index (χ1v) is 12.8. The zero-order valence-corrected chi connectivity index (χ0v) is 21.2. The van der Waals surface area contributed by atoms with Gasteiger partial charge in [-0.2, -0.15) is 0 Å². The van der Waals surface area contributed by atoms with E-state index in [1.54, 1.807) is 29.2 Å². The zero-order valence-electron chi connectivity index (χ0n) is 20.4. The summed E-state index contributed by atoms with van der Waals surface area (Å²) >= 11 is 6.38. The third-order valence-electron chi connectivity index (χ3n) is 6.75. The van der Waals surface area contributed by atoms with Crippen molar-refractivity contribution >= 4 is 29.2 Å². The lowest BCUT2D eigenvalue weighted by molar-refractivity contribution is 0.151. The minimum Gasteiger partial charge on any atom is -0.494 e. The van der Waals surface area contributed by atoms with Gasteiger partial charge in [0.25, 0.3) is 0 Å². The standard InChI is InChI=1S/C29H29ClN4O3/c1-2-3-4-17-36-22-10-5-19(6-11-22)28-27-24(25-18-20(30)7-14-26(32-25)33-27)15-16-34(28)29(35)37-23-12-8-21(31)9-13-23/h1,5,7-14,18-19,24-25H,3-4,6,15-17,31H2,(H,32,33). The van der Waals surface area contributed by atoms with E-state index in [4.69, 9.17) is 38.2 Å². The number of fused-ring (bicyclic) bond motifs is 3. The molecule has 3 N–H and O–H groups in total. The molecule has 1 aromatic carbocycles. The number of nitrogens with two attached hydrogens (primary N) is 1. The molecule has 190 valence electrons. The molecule has 5 rings (SSSR count). The van der Waals surface area contributed by atoms with Crippen LogP contribution in [0, 0.1) is 24.2 Å². The fourth-order valence-electron chi connectivity index (χ4n) is 4.96. The lowest BCUT2D eigenvalue weighted by Crippen LogP contribution is -2.49. The maximum absolute atomic E-state index is 13.5. The van der Waals surface area contributed by atoms with Gasteiger partial charge < -0.3 is 20.5 Å². The van der Waals surface area contributed by atoms with Crippen LogP contribution in [-0.4, -0.2) is 36.0 Å². The van der Waals surface area contributed by atoms with E-state index < -0.39 is 6.09 Å². The number of amides is 1. The third-order valence-corrected chi connectivity index (χ3v) is 7.00. The largest absolute Gasteiger partial charge is 0.494 e. The van der Waals surface area contributed by atoms with Crippen molar-refractivity contribution in [1.29, 1.82) is 0 Å². The molecule has 37 heavy (non-hydrogen) atoms. The van der Waals surface area contributed by atoms with E-state index in [2.05, 4.69) is 23.4 Å². The second-order valence-electron chi connectivity index (χ2n) is 9.26. The first-order chi connectivity index (χ1) is 18.0. The summed E-state index contributed by atoms with van der Waals surface area (Å²) in [6.07, 6.45) is 19.6. The summed E-state index contributed by atoms with van der Waals surface area (Å²) in [7, 11) is 0. The number of carbonyl (C=O) groups is 1. The number of hydrogen-bond acceptors (Lipinski definition) is 6. The lowest BCUT2D eigenvalue weighted by atomic mass is 9.82. The molecule has 3 unspecified atom stereocenters. The Bertz CT molecular complexity index is 1280. The molecule has 3 heterocycles. The van der Waals surface area contributed by atoms with Gasteiger partial charge in [-0.3, -0.25) is 9.89 Å². The number of terminal acetylenes is 1. The number of anilines is 1. The third kappa shape index (κ3) is 5.60. The van der Waals surface area contributed by atoms with Crippen LogP contribution >= 0.6 is 11.6 Å². The van der Waals surface area contributed by atoms with Crippen LogP contribution in [0.25, 0.3) is 0 Å². The highest BCUT2D eigenvalue weighted by molar-refractivity contribution is 6.31. The highest BCUT2D eigenvalue weighted by Crippen LogP contribution is 2.40. The number of ether oxygens (including phenoxy) is 2. The number of carbonyl (C=O) groups excluding carboxylic acids is 1. The number of rotatable bonds is 6. The Morgan fingerprint density at radius 3 is 2.86 bits per heavy atom. The van der Waals surface area contributed by atoms with Crippen molar-refractivity contribution in [2.75, 3.05) is 18.9 Å². The molecule has 1 amide bonds. The molecule has 0 saturated heterocycles. The normalized spacial score (nSPS) is 24.1. The Labute approximate surface area is 222 Å². The number of nitrogen functional groups attached to an aromatic ring is 1. The number of nitrogens with one attached hydrogen (secondary N) is 1. The first-order valence-electron chi connectivity index (χ1n) is 12.5. The van der Waals surface area contributed by atoms with Gasteiger partial charge in [-0.05, 0) is 73.9 Å². The summed E-state index contributed by atoms with van der Waals surface area (Å²) in [5.41, 5.74) is 8.25. The Morgan fingerprint density at radius 2 is 2.11 bits per heavy atom. The zero-order chi connectivity index (χ0) is 25.8. The van der Waals surface area contributed by atoms with Gasteiger partial charge >= 0.3 is 6.09 Å². The van der Waals surface area contributed by atoms with E-state index >= 15 is 0 Å². The second-order valence-corrected chi connectivity index (χ2v) is 9.70. The summed E-state index contributed by atoms with van der Waals surface area (Å²) in [6.45, 7) is 1.08. The van der Waals surface area contributed by atoms with Crippen molar-refractivity contribution in [2.24, 2.45) is 16.8 Å². The van der Waals surface area contributed by atoms with Crippen LogP contribution in [0.3, 0.4) is 0 Å². The molecule has 2 bridgehead atoms. The van der Waals surface area contributed by atoms with Gasteiger partial charge in [0.15, 0.2) is 0 Å². The van der Waals surface area contributed by atoms with E-state index in [0.717, 1.165) is 35.8 Å². The smallest absolute Gasteiger partial charge is 0.419 e. The summed E-state index contributed by atoms with van der Waals surface area (Å²) in [4.78, 5) is 20.0. The minimum absolute atomic E-state index is 0.0495. The van der Waals surface area contributed by atoms with Crippen LogP contribution in [0.4, 0.5) is 10.5 Å². The Hall–Kier alpha value is -3.89. The fraction of sp³-hybridized carbons (Fsp3) is 0.310. The number of halogens is 1. The van der Waals surface area contributed by atoms with E-state index in [0.29, 0.717) is 42.5 Å². The minimum atomic E-state index is -0.430. The fourth-order valence-corrected chi connectivity index (χ4v) is 5.15. The van der Waals surface area contributed by atoms with E-state index in [-0.39, 0.29) is 17.9 Å². The number of allylic oxidation sites excluding steroid dienone is 5. The van der Waals surface area contributed by atoms with Gasteiger partial charge in [-0.1, -0.05) is 17.7 Å². The number of nitrogens with zero attached hydrogens (tertiary/aromatic N) is 2. The number of amidine groups is 1. The molecule has 3 atom stereocenters. The summed E-state index contributed by atoms with van der Waals surface area (Å²) in [6, 6.07) is 6.71. The predicted octanol–water partition coefficient (Wildman–Crippen LogP) is 5.25. The van der Waals surface area contributed by atoms with Gasteiger partial charge in [0.1, 0.15) is 17.3 Å². The van der Waals surface area contributed by atoms with Crippen LogP contribution in [0.15, 0.2) is 87.9 Å². The molecule has 3 aliphatic heterocycles. The predicted molar refractivity (Wildman–Crippen MR) is 146 cm³/mol. The van der Waals surface area contributed by atoms with E-state index in [1.165, 1.54) is 0 Å². The molecule has 1 aromatic rings. The molecule has 0 radical (unpaired) electrons. The monoisotopic (exact) mass is 516 g/mol. The highest BCUT2D eigenvalue weighted by Gasteiger charge is 2.41. The van der Waals surface area contributed by atoms with Gasteiger partial charge in [-0.15, -0.1) is 12.3 Å². The number of benzene rings is 1. The van der Waals surface area contributed by atoms with Crippen LogP contribution in [0.5, 0.6) is 5.75 Å². The van der Waals surface area contributed by atoms with Gasteiger partial charge in [0.2, 0.25) is 0 Å². The van der Waals surface area contributed by atoms with Crippen molar-refractivity contribution in [2.45, 2.75) is 31.7 Å². The van der Waals surface area contributed by atoms with E-state index in [9.17, 15) is 4.79 Å². The Kier molecular flexibility index (Phi) is 7.38. The molecule has 4 aliphatic rings. The van der Waals surface area contributed by atoms with Crippen LogP contribution < -0.4 is 15.8 Å². The van der Waals surface area contributed by atoms with Crippen LogP contribution in [0.1, 0.15) is 25.7 Å². The number of aliphatic imine (C=N–C) groups is 1. The van der Waals surface area contributed by atoms with Crippen molar-refractivity contribution in [3.8, 4) is 18.1 Å². The van der Waals surface area contributed by atoms with Gasteiger partial charge in [0.05, 0.1) is 18.3 Å². The molecule has 0 aromatic heterocycles. The van der Waals surface area contributed by atoms with E-state index in [1.807, 2.05) is 24.3 Å². The maximum atomic E-state index is 13.5. The van der Waals surface area contributed by atoms with Crippen LogP contribution in [-0.2, 0) is 4.74 Å². The Morgan fingerprint density at radius 1 is 1.27 bits per heavy atom. The first kappa shape index (κ1) is 24.8. The SMILES string of the molecule is C#CCCCOC1=CCC(C2=C3NC4=NC(C=C(Cl)C=C4)C3CCN2C(=O)Oc2ccc(N)cc2)C=C1. The molecular formula is C29H29ClN4O3. The van der Waals surface area contributed by atoms with Crippen molar-refractivity contribution < 1.29 is 14.3 Å². The molecule has 7 nitrogen and oxygen atoms in total. The lowest BCUT2D eigenvalue weighted by Gasteiger charge is -2.42. The molecule has 0 fully saturated rings. The van der Waals surface area contributed by atoms with Crippen molar-refractivity contribution in [1.82, 2.24) is 10.2 Å². The topological polar surface area (TPSA) is 89.2 Å². The van der Waals surface area contributed by atoms with Gasteiger partial charge in [-0.25, -0.2) is 4.79 Å². The number of unbranched alkanes of at least 4 members (excludes halogenated alkanes) is 1. The van der Waals surface area contributed by atoms with Crippen molar-refractivity contribution in [3.05, 3.63) is 82.9 Å². The summed E-state index contributed by atoms with van der Waals surface area (Å²) < 4.78 is 11.6. The molecule has 0 spiro atoms. The summed E-state index contributed by atoms with van der Waals surface area (Å²) in [5.74, 6) is 4.64. The van der Waals surface area contributed by atoms with Gasteiger partial charge in [0, 0.05) is 41.2 Å². The second kappa shape index (κ2) is 11.0. The van der Waals surface area contributed by atoms with Crippen LogP contribution in [0.2, 0.25) is 0 Å². The molecule has 1 aliphatic carbocycles. The van der Waals surface area contributed by atoms with Crippen molar-refractivity contribution in [3.63, 3.8) is 0 Å². The maximum Gasteiger partial charge on any atom is 0.419 e.